The van der Waals surface area contributed by atoms with Crippen LogP contribution in [0, 0.1) is 0 Å². The first-order chi connectivity index (χ1) is 9.47. The van der Waals surface area contributed by atoms with E-state index in [0.29, 0.717) is 16.6 Å². The van der Waals surface area contributed by atoms with Crippen molar-refractivity contribution in [1.82, 2.24) is 19.5 Å². The van der Waals surface area contributed by atoms with Crippen LogP contribution in [0.15, 0.2) is 27.8 Å². The Labute approximate surface area is 112 Å². The summed E-state index contributed by atoms with van der Waals surface area (Å²) in [6, 6.07) is 4.97. The van der Waals surface area contributed by atoms with Crippen LogP contribution in [0.25, 0.3) is 22.6 Å². The van der Waals surface area contributed by atoms with Crippen molar-refractivity contribution in [3.8, 4) is 11.5 Å². The van der Waals surface area contributed by atoms with Crippen molar-refractivity contribution in [1.29, 1.82) is 0 Å². The van der Waals surface area contributed by atoms with Crippen LogP contribution in [0.4, 0.5) is 0 Å². The van der Waals surface area contributed by atoms with Crippen molar-refractivity contribution in [2.75, 3.05) is 0 Å². The quantitative estimate of drug-likeness (QED) is 0.507. The smallest absolute Gasteiger partial charge is 0.325 e. The third kappa shape index (κ3) is 1.71. The molecule has 0 unspecified atom stereocenters. The summed E-state index contributed by atoms with van der Waals surface area (Å²) in [6.07, 6.45) is 0. The van der Waals surface area contributed by atoms with Gasteiger partial charge in [0.2, 0.25) is 0 Å². The van der Waals surface area contributed by atoms with Gasteiger partial charge in [0, 0.05) is 12.6 Å². The Bertz CT molecular complexity index is 939. The summed E-state index contributed by atoms with van der Waals surface area (Å²) in [6.45, 7) is 1.47. The summed E-state index contributed by atoms with van der Waals surface area (Å²) in [5, 5.41) is 0. The van der Waals surface area contributed by atoms with Crippen LogP contribution < -0.4 is 11.2 Å². The Morgan fingerprint density at radius 1 is 1.25 bits per heavy atom. The Kier molecular flexibility index (Phi) is 2.50. The van der Waals surface area contributed by atoms with Gasteiger partial charge in [-0.25, -0.2) is 9.78 Å². The van der Waals surface area contributed by atoms with Crippen LogP contribution in [0.2, 0.25) is 0 Å². The molecule has 0 atom stereocenters. The summed E-state index contributed by atoms with van der Waals surface area (Å²) in [4.78, 5) is 44.5. The van der Waals surface area contributed by atoms with Gasteiger partial charge in [0.05, 0.1) is 11.0 Å². The van der Waals surface area contributed by atoms with Crippen molar-refractivity contribution < 1.29 is 4.79 Å². The number of carbonyl (C=O) groups is 1. The lowest BCUT2D eigenvalue weighted by Gasteiger charge is -2.12. The number of ketones is 1. The lowest BCUT2D eigenvalue weighted by Crippen LogP contribution is -2.28. The Balaban J connectivity index is 2.52. The molecule has 2 aliphatic rings. The molecule has 0 amide bonds. The maximum Gasteiger partial charge on any atom is 0.349 e. The van der Waals surface area contributed by atoms with E-state index in [0.717, 1.165) is 0 Å². The molecule has 0 spiro atoms. The molecule has 0 fully saturated rings. The van der Waals surface area contributed by atoms with E-state index in [2.05, 4.69) is 15.0 Å². The number of hydrogen-bond acceptors (Lipinski definition) is 5. The third-order valence-corrected chi connectivity index (χ3v) is 3.15. The highest BCUT2D eigenvalue weighted by molar-refractivity contribution is 5.97. The van der Waals surface area contributed by atoms with Crippen LogP contribution >= 0.6 is 0 Å². The minimum absolute atomic E-state index is 0.0737. The number of nitrogens with one attached hydrogen (secondary N) is 1. The number of Topliss-reactive ketones (excluding diaryl/α,β-unsaturated/α-hetero) is 1. The highest BCUT2D eigenvalue weighted by Gasteiger charge is 2.16. The number of carbonyl (C=O) groups excluding carboxylic acids is 1. The molecule has 3 rings (SSSR count). The van der Waals surface area contributed by atoms with Crippen LogP contribution in [-0.4, -0.2) is 25.3 Å². The zero-order chi connectivity index (χ0) is 14.4. The normalized spacial score (nSPS) is 11.1. The van der Waals surface area contributed by atoms with Gasteiger partial charge in [-0.3, -0.25) is 14.6 Å². The molecule has 100 valence electrons. The zero-order valence-electron chi connectivity index (χ0n) is 10.8. The van der Waals surface area contributed by atoms with Gasteiger partial charge in [0.25, 0.3) is 5.56 Å². The van der Waals surface area contributed by atoms with Crippen LogP contribution in [0.1, 0.15) is 17.3 Å². The molecule has 2 heterocycles. The first-order valence-corrected chi connectivity index (χ1v) is 5.89. The number of aromatic amines is 1. The van der Waals surface area contributed by atoms with Gasteiger partial charge in [0.1, 0.15) is 0 Å². The third-order valence-electron chi connectivity index (χ3n) is 3.15. The number of benzene rings is 1. The Hall–Kier alpha value is -2.83. The fourth-order valence-electron chi connectivity index (χ4n) is 2.11. The lowest BCUT2D eigenvalue weighted by atomic mass is 10.1. The molecule has 20 heavy (non-hydrogen) atoms. The Morgan fingerprint density at radius 2 is 2.00 bits per heavy atom. The van der Waals surface area contributed by atoms with Crippen molar-refractivity contribution in [3.63, 3.8) is 0 Å². The minimum atomic E-state index is -0.720. The monoisotopic (exact) mass is 270 g/mol. The van der Waals surface area contributed by atoms with Gasteiger partial charge in [0.15, 0.2) is 17.3 Å². The number of hydrogen-bond donors (Lipinski definition) is 1. The minimum Gasteiger partial charge on any atom is -0.325 e. The van der Waals surface area contributed by atoms with Crippen LogP contribution in [-0.2, 0) is 7.05 Å². The molecule has 0 aromatic heterocycles. The van der Waals surface area contributed by atoms with Gasteiger partial charge in [-0.1, -0.05) is 0 Å². The van der Waals surface area contributed by atoms with Crippen molar-refractivity contribution in [2.45, 2.75) is 6.92 Å². The molecule has 0 saturated carbocycles. The first kappa shape index (κ1) is 12.2. The number of aromatic nitrogens is 4. The summed E-state index contributed by atoms with van der Waals surface area (Å²) in [7, 11) is 1.67. The van der Waals surface area contributed by atoms with Gasteiger partial charge in [-0.2, -0.15) is 4.98 Å². The SMILES string of the molecule is CC(=O)c1ccc2nc3c(=O)[nH]c(=O)nc-3n(C)c2c1. The molecule has 1 N–H and O–H groups in total. The van der Waals surface area contributed by atoms with E-state index in [1.54, 1.807) is 29.8 Å². The van der Waals surface area contributed by atoms with E-state index in [-0.39, 0.29) is 17.3 Å². The average molecular weight is 270 g/mol. The van der Waals surface area contributed by atoms with Gasteiger partial charge in [-0.15, -0.1) is 0 Å². The number of rotatable bonds is 1. The zero-order valence-corrected chi connectivity index (χ0v) is 10.8. The first-order valence-electron chi connectivity index (χ1n) is 5.89. The summed E-state index contributed by atoms with van der Waals surface area (Å²) >= 11 is 0. The predicted octanol–water partition coefficient (Wildman–Crippen LogP) is 0.324. The topological polar surface area (TPSA) is 97.7 Å². The van der Waals surface area contributed by atoms with Gasteiger partial charge < -0.3 is 4.57 Å². The van der Waals surface area contributed by atoms with Crippen LogP contribution in [0.3, 0.4) is 0 Å². The average Bonchev–Trinajstić information content (AvgIpc) is 2.40. The number of H-pyrrole nitrogens is 1. The van der Waals surface area contributed by atoms with E-state index in [1.807, 2.05) is 0 Å². The molecule has 2 aliphatic heterocycles. The second-order valence-corrected chi connectivity index (χ2v) is 4.47. The molecule has 7 heteroatoms. The molecule has 0 radical (unpaired) electrons. The highest BCUT2D eigenvalue weighted by Crippen LogP contribution is 2.20. The molecule has 0 bridgehead atoms. The number of aryl methyl sites for hydroxylation is 1. The lowest BCUT2D eigenvalue weighted by molar-refractivity contribution is 0.101. The number of nitrogens with zero attached hydrogens (tertiary/aromatic N) is 3. The molecule has 0 saturated heterocycles. The molecule has 1 aromatic rings. The van der Waals surface area contributed by atoms with Gasteiger partial charge >= 0.3 is 5.69 Å². The van der Waals surface area contributed by atoms with E-state index < -0.39 is 11.2 Å². The molecule has 0 aliphatic carbocycles. The highest BCUT2D eigenvalue weighted by atomic mass is 16.2. The summed E-state index contributed by atoms with van der Waals surface area (Å²) in [5.41, 5.74) is 0.505. The molecule has 1 aromatic carbocycles. The van der Waals surface area contributed by atoms with E-state index in [4.69, 9.17) is 0 Å². The maximum atomic E-state index is 11.7. The van der Waals surface area contributed by atoms with Gasteiger partial charge in [-0.05, 0) is 25.1 Å². The largest absolute Gasteiger partial charge is 0.349 e. The predicted molar refractivity (Wildman–Crippen MR) is 72.0 cm³/mol. The summed E-state index contributed by atoms with van der Waals surface area (Å²) in [5.74, 6) is 0.113. The fourth-order valence-corrected chi connectivity index (χ4v) is 2.11. The van der Waals surface area contributed by atoms with Crippen molar-refractivity contribution in [2.24, 2.45) is 7.05 Å². The molecular formula is C13H10N4O3. The van der Waals surface area contributed by atoms with E-state index in [1.165, 1.54) is 6.92 Å². The van der Waals surface area contributed by atoms with Crippen molar-refractivity contribution >= 4 is 16.8 Å². The standard InChI is InChI=1S/C13H10N4O3/c1-6(18)7-3-4-8-9(5-7)17(2)11-10(14-8)12(19)16-13(20)15-11/h3-5H,1-2H3,(H,16,19,20). The maximum absolute atomic E-state index is 11.7. The number of fused-ring (bicyclic) bond motifs is 2. The van der Waals surface area contributed by atoms with Crippen LogP contribution in [0.5, 0.6) is 0 Å². The second-order valence-electron chi connectivity index (χ2n) is 4.47. The Morgan fingerprint density at radius 3 is 2.70 bits per heavy atom. The van der Waals surface area contributed by atoms with E-state index in [9.17, 15) is 14.4 Å². The molecule has 7 nitrogen and oxygen atoms in total. The van der Waals surface area contributed by atoms with Crippen molar-refractivity contribution in [3.05, 3.63) is 44.6 Å². The second kappa shape index (κ2) is 4.09. The molecular weight excluding hydrogens is 260 g/mol. The summed E-state index contributed by atoms with van der Waals surface area (Å²) < 4.78 is 1.58. The fraction of sp³-hybridized carbons (Fsp3) is 0.154. The van der Waals surface area contributed by atoms with E-state index >= 15 is 0 Å².